The molecule has 1 N–H and O–H groups in total. The highest BCUT2D eigenvalue weighted by molar-refractivity contribution is 5.95. The SMILES string of the molecule is COc1ccc(CN(C(=O)c2ccc(NC(C)=O)cc2)C(C)C2CC2)cc1. The first kappa shape index (κ1) is 19.0. The van der Waals surface area contributed by atoms with Crippen molar-refractivity contribution in [1.29, 1.82) is 0 Å². The van der Waals surface area contributed by atoms with Gasteiger partial charge < -0.3 is 15.0 Å². The number of hydrogen-bond donors (Lipinski definition) is 1. The Bertz CT molecular complexity index is 795. The summed E-state index contributed by atoms with van der Waals surface area (Å²) in [5, 5.41) is 2.73. The van der Waals surface area contributed by atoms with E-state index in [1.165, 1.54) is 19.8 Å². The van der Waals surface area contributed by atoms with Crippen LogP contribution in [-0.4, -0.2) is 29.9 Å². The summed E-state index contributed by atoms with van der Waals surface area (Å²) in [6.45, 7) is 4.16. The fourth-order valence-electron chi connectivity index (χ4n) is 3.23. The molecule has 5 nitrogen and oxygen atoms in total. The number of carbonyl (C=O) groups is 2. The van der Waals surface area contributed by atoms with Gasteiger partial charge in [0.25, 0.3) is 5.91 Å². The summed E-state index contributed by atoms with van der Waals surface area (Å²) < 4.78 is 5.21. The van der Waals surface area contributed by atoms with E-state index in [4.69, 9.17) is 4.74 Å². The van der Waals surface area contributed by atoms with Crippen LogP contribution in [0.4, 0.5) is 5.69 Å². The minimum atomic E-state index is -0.127. The smallest absolute Gasteiger partial charge is 0.254 e. The topological polar surface area (TPSA) is 58.6 Å². The third-order valence-electron chi connectivity index (χ3n) is 5.02. The number of nitrogens with one attached hydrogen (secondary N) is 1. The summed E-state index contributed by atoms with van der Waals surface area (Å²) in [5.74, 6) is 1.27. The van der Waals surface area contributed by atoms with E-state index < -0.39 is 0 Å². The Kier molecular flexibility index (Phi) is 5.79. The first-order chi connectivity index (χ1) is 13.0. The van der Waals surface area contributed by atoms with E-state index in [1.54, 1.807) is 31.4 Å². The molecule has 2 aromatic carbocycles. The van der Waals surface area contributed by atoms with Crippen molar-refractivity contribution in [2.24, 2.45) is 5.92 Å². The average Bonchev–Trinajstić information content (AvgIpc) is 3.51. The summed E-state index contributed by atoms with van der Waals surface area (Å²) in [6.07, 6.45) is 2.35. The van der Waals surface area contributed by atoms with Crippen molar-refractivity contribution in [3.63, 3.8) is 0 Å². The van der Waals surface area contributed by atoms with Crippen LogP contribution in [0.2, 0.25) is 0 Å². The maximum Gasteiger partial charge on any atom is 0.254 e. The molecule has 2 aromatic rings. The molecule has 0 spiro atoms. The van der Waals surface area contributed by atoms with Gasteiger partial charge in [-0.3, -0.25) is 9.59 Å². The molecule has 1 saturated carbocycles. The third-order valence-corrected chi connectivity index (χ3v) is 5.02. The predicted molar refractivity (Wildman–Crippen MR) is 106 cm³/mol. The molecule has 1 aliphatic rings. The van der Waals surface area contributed by atoms with Crippen LogP contribution < -0.4 is 10.1 Å². The van der Waals surface area contributed by atoms with Gasteiger partial charge in [-0.05, 0) is 67.6 Å². The molecule has 142 valence electrons. The van der Waals surface area contributed by atoms with E-state index in [0.717, 1.165) is 11.3 Å². The molecule has 0 bridgehead atoms. The zero-order chi connectivity index (χ0) is 19.4. The van der Waals surface area contributed by atoms with Crippen LogP contribution in [-0.2, 0) is 11.3 Å². The van der Waals surface area contributed by atoms with Crippen molar-refractivity contribution in [2.45, 2.75) is 39.3 Å². The number of anilines is 1. The maximum atomic E-state index is 13.2. The lowest BCUT2D eigenvalue weighted by molar-refractivity contribution is -0.114. The van der Waals surface area contributed by atoms with Gasteiger partial charge in [-0.15, -0.1) is 0 Å². The van der Waals surface area contributed by atoms with Gasteiger partial charge in [-0.25, -0.2) is 0 Å². The number of carbonyl (C=O) groups excluding carboxylic acids is 2. The molecule has 0 saturated heterocycles. The van der Waals surface area contributed by atoms with Crippen LogP contribution in [0.15, 0.2) is 48.5 Å². The molecule has 1 fully saturated rings. The normalized spacial score (nSPS) is 14.3. The van der Waals surface area contributed by atoms with E-state index in [1.807, 2.05) is 29.2 Å². The summed E-state index contributed by atoms with van der Waals surface area (Å²) in [4.78, 5) is 26.3. The highest BCUT2D eigenvalue weighted by atomic mass is 16.5. The number of nitrogens with zero attached hydrogens (tertiary/aromatic N) is 1. The summed E-state index contributed by atoms with van der Waals surface area (Å²) >= 11 is 0. The Labute approximate surface area is 160 Å². The minimum Gasteiger partial charge on any atom is -0.497 e. The monoisotopic (exact) mass is 366 g/mol. The molecule has 2 amide bonds. The number of benzene rings is 2. The molecule has 1 atom stereocenters. The number of ether oxygens (including phenoxy) is 1. The molecule has 0 heterocycles. The molecule has 0 radical (unpaired) electrons. The van der Waals surface area contributed by atoms with Crippen molar-refractivity contribution >= 4 is 17.5 Å². The lowest BCUT2D eigenvalue weighted by Crippen LogP contribution is -2.39. The van der Waals surface area contributed by atoms with Crippen molar-refractivity contribution in [3.05, 3.63) is 59.7 Å². The molecule has 3 rings (SSSR count). The fourth-order valence-corrected chi connectivity index (χ4v) is 3.23. The molecule has 0 aromatic heterocycles. The first-order valence-corrected chi connectivity index (χ1v) is 9.29. The van der Waals surface area contributed by atoms with E-state index >= 15 is 0 Å². The van der Waals surface area contributed by atoms with Crippen molar-refractivity contribution in [3.8, 4) is 5.75 Å². The van der Waals surface area contributed by atoms with Crippen LogP contribution >= 0.6 is 0 Å². The van der Waals surface area contributed by atoms with Crippen LogP contribution in [0, 0.1) is 5.92 Å². The zero-order valence-corrected chi connectivity index (χ0v) is 16.1. The number of rotatable bonds is 7. The van der Waals surface area contributed by atoms with E-state index in [0.29, 0.717) is 23.7 Å². The minimum absolute atomic E-state index is 0.0135. The molecule has 27 heavy (non-hydrogen) atoms. The number of methoxy groups -OCH3 is 1. The number of hydrogen-bond acceptors (Lipinski definition) is 3. The van der Waals surface area contributed by atoms with Gasteiger partial charge in [0.05, 0.1) is 7.11 Å². The van der Waals surface area contributed by atoms with Gasteiger partial charge in [0, 0.05) is 30.8 Å². The Morgan fingerprint density at radius 2 is 1.74 bits per heavy atom. The second-order valence-electron chi connectivity index (χ2n) is 7.12. The van der Waals surface area contributed by atoms with Crippen LogP contribution in [0.5, 0.6) is 5.75 Å². The summed E-state index contributed by atoms with van der Waals surface area (Å²) in [6, 6.07) is 15.1. The van der Waals surface area contributed by atoms with Crippen LogP contribution in [0.1, 0.15) is 42.6 Å². The molecule has 1 aliphatic carbocycles. The molecular formula is C22H26N2O3. The standard InChI is InChI=1S/C22H26N2O3/c1-15(18-6-7-18)24(14-17-4-12-21(27-3)13-5-17)22(26)19-8-10-20(11-9-19)23-16(2)25/h4-5,8-13,15,18H,6-7,14H2,1-3H3,(H,23,25). The maximum absolute atomic E-state index is 13.2. The molecule has 1 unspecified atom stereocenters. The van der Waals surface area contributed by atoms with Gasteiger partial charge >= 0.3 is 0 Å². The predicted octanol–water partition coefficient (Wildman–Crippen LogP) is 4.09. The van der Waals surface area contributed by atoms with Gasteiger partial charge in [-0.2, -0.15) is 0 Å². The van der Waals surface area contributed by atoms with Gasteiger partial charge in [0.15, 0.2) is 0 Å². The zero-order valence-electron chi connectivity index (χ0n) is 16.1. The second-order valence-corrected chi connectivity index (χ2v) is 7.12. The summed E-state index contributed by atoms with van der Waals surface area (Å²) in [7, 11) is 1.64. The van der Waals surface area contributed by atoms with Crippen molar-refractivity contribution < 1.29 is 14.3 Å². The Balaban J connectivity index is 1.78. The highest BCUT2D eigenvalue weighted by Crippen LogP contribution is 2.36. The van der Waals surface area contributed by atoms with Gasteiger partial charge in [0.2, 0.25) is 5.91 Å². The van der Waals surface area contributed by atoms with E-state index in [-0.39, 0.29) is 17.9 Å². The van der Waals surface area contributed by atoms with Crippen LogP contribution in [0.25, 0.3) is 0 Å². The largest absolute Gasteiger partial charge is 0.497 e. The molecule has 5 heteroatoms. The van der Waals surface area contributed by atoms with Crippen LogP contribution in [0.3, 0.4) is 0 Å². The average molecular weight is 366 g/mol. The third kappa shape index (κ3) is 4.88. The first-order valence-electron chi connectivity index (χ1n) is 9.29. The molecule has 0 aliphatic heterocycles. The second kappa shape index (κ2) is 8.25. The van der Waals surface area contributed by atoms with Crippen molar-refractivity contribution in [2.75, 3.05) is 12.4 Å². The quantitative estimate of drug-likeness (QED) is 0.803. The Morgan fingerprint density at radius 1 is 1.11 bits per heavy atom. The van der Waals surface area contributed by atoms with E-state index in [2.05, 4.69) is 12.2 Å². The molecular weight excluding hydrogens is 340 g/mol. The number of amides is 2. The lowest BCUT2D eigenvalue weighted by atomic mass is 10.1. The van der Waals surface area contributed by atoms with E-state index in [9.17, 15) is 9.59 Å². The Hall–Kier alpha value is -2.82. The van der Waals surface area contributed by atoms with Crippen molar-refractivity contribution in [1.82, 2.24) is 4.90 Å². The van der Waals surface area contributed by atoms with Gasteiger partial charge in [-0.1, -0.05) is 12.1 Å². The summed E-state index contributed by atoms with van der Waals surface area (Å²) in [5.41, 5.74) is 2.40. The lowest BCUT2D eigenvalue weighted by Gasteiger charge is -2.30. The fraction of sp³-hybridized carbons (Fsp3) is 0.364. The Morgan fingerprint density at radius 3 is 2.26 bits per heavy atom. The highest BCUT2D eigenvalue weighted by Gasteiger charge is 2.34. The van der Waals surface area contributed by atoms with Gasteiger partial charge in [0.1, 0.15) is 5.75 Å².